The maximum absolute atomic E-state index is 5.70. The standard InChI is InChI=1S/C24H24N4O2/c1-3-15-30-19-7-5-17(6-8-19)23-27-22-16-20(29-4-2)9-10-21(22)26-24(28-23)18-11-13-25-14-12-18/h5-14,16H,3-4,15H2,1-2H3,(H,26,27,28). The van der Waals surface area contributed by atoms with Crippen LogP contribution in [0, 0.1) is 0 Å². The Morgan fingerprint density at radius 1 is 0.800 bits per heavy atom. The molecule has 0 radical (unpaired) electrons. The number of aromatic nitrogens is 1. The zero-order valence-corrected chi connectivity index (χ0v) is 17.1. The molecule has 0 fully saturated rings. The van der Waals surface area contributed by atoms with Gasteiger partial charge in [0.05, 0.1) is 24.6 Å². The Balaban J connectivity index is 1.75. The molecule has 2 heterocycles. The van der Waals surface area contributed by atoms with E-state index < -0.39 is 0 Å². The molecule has 152 valence electrons. The number of hydrogen-bond acceptors (Lipinski definition) is 6. The van der Waals surface area contributed by atoms with Crippen molar-refractivity contribution in [2.45, 2.75) is 20.3 Å². The van der Waals surface area contributed by atoms with Crippen LogP contribution in [0.3, 0.4) is 0 Å². The fraction of sp³-hybridized carbons (Fsp3) is 0.208. The van der Waals surface area contributed by atoms with E-state index in [-0.39, 0.29) is 0 Å². The Morgan fingerprint density at radius 3 is 2.30 bits per heavy atom. The minimum Gasteiger partial charge on any atom is -0.494 e. The number of hydrogen-bond donors (Lipinski definition) is 1. The van der Waals surface area contributed by atoms with Crippen LogP contribution in [0.1, 0.15) is 31.4 Å². The van der Waals surface area contributed by atoms with Crippen molar-refractivity contribution in [1.82, 2.24) is 4.98 Å². The van der Waals surface area contributed by atoms with Crippen molar-refractivity contribution in [3.63, 3.8) is 0 Å². The summed E-state index contributed by atoms with van der Waals surface area (Å²) in [4.78, 5) is 13.7. The van der Waals surface area contributed by atoms with Crippen molar-refractivity contribution in [3.05, 3.63) is 78.1 Å². The van der Waals surface area contributed by atoms with Gasteiger partial charge < -0.3 is 14.8 Å². The van der Waals surface area contributed by atoms with Gasteiger partial charge in [0.15, 0.2) is 5.84 Å². The summed E-state index contributed by atoms with van der Waals surface area (Å²) >= 11 is 0. The molecular formula is C24H24N4O2. The Labute approximate surface area is 176 Å². The molecule has 0 atom stereocenters. The maximum Gasteiger partial charge on any atom is 0.162 e. The molecule has 0 unspecified atom stereocenters. The fourth-order valence-corrected chi connectivity index (χ4v) is 3.07. The van der Waals surface area contributed by atoms with Crippen LogP contribution in [0.5, 0.6) is 11.5 Å². The molecule has 30 heavy (non-hydrogen) atoms. The molecule has 0 saturated carbocycles. The van der Waals surface area contributed by atoms with E-state index in [1.54, 1.807) is 12.4 Å². The lowest BCUT2D eigenvalue weighted by Gasteiger charge is -2.12. The van der Waals surface area contributed by atoms with Gasteiger partial charge in [0.1, 0.15) is 17.3 Å². The van der Waals surface area contributed by atoms with Crippen molar-refractivity contribution >= 4 is 23.0 Å². The molecule has 0 spiro atoms. The Bertz CT molecular complexity index is 1060. The summed E-state index contributed by atoms with van der Waals surface area (Å²) in [6, 6.07) is 17.5. The van der Waals surface area contributed by atoms with E-state index in [1.807, 2.05) is 61.5 Å². The Morgan fingerprint density at radius 2 is 1.57 bits per heavy atom. The maximum atomic E-state index is 5.70. The average molecular weight is 400 g/mol. The van der Waals surface area contributed by atoms with Crippen LogP contribution < -0.4 is 14.8 Å². The summed E-state index contributed by atoms with van der Waals surface area (Å²) in [5.74, 6) is 2.96. The smallest absolute Gasteiger partial charge is 0.162 e. The average Bonchev–Trinajstić information content (AvgIpc) is 2.98. The number of pyridine rings is 1. The molecule has 1 aliphatic heterocycles. The number of ether oxygens (including phenoxy) is 2. The molecule has 0 aliphatic carbocycles. The first-order valence-electron chi connectivity index (χ1n) is 10.1. The second-order valence-corrected chi connectivity index (χ2v) is 6.74. The van der Waals surface area contributed by atoms with Crippen LogP contribution in [0.2, 0.25) is 0 Å². The Hall–Kier alpha value is -3.67. The van der Waals surface area contributed by atoms with Crippen molar-refractivity contribution in [3.8, 4) is 11.5 Å². The second kappa shape index (κ2) is 9.22. The zero-order chi connectivity index (χ0) is 20.8. The molecule has 1 aliphatic rings. The van der Waals surface area contributed by atoms with E-state index in [2.05, 4.69) is 17.2 Å². The van der Waals surface area contributed by atoms with E-state index >= 15 is 0 Å². The van der Waals surface area contributed by atoms with Crippen LogP contribution >= 0.6 is 0 Å². The quantitative estimate of drug-likeness (QED) is 0.590. The number of rotatable bonds is 7. The van der Waals surface area contributed by atoms with Crippen LogP contribution in [0.25, 0.3) is 0 Å². The normalized spacial score (nSPS) is 12.7. The van der Waals surface area contributed by atoms with E-state index in [0.717, 1.165) is 40.4 Å². The summed E-state index contributed by atoms with van der Waals surface area (Å²) in [6.07, 6.45) is 4.45. The van der Waals surface area contributed by atoms with Gasteiger partial charge in [-0.05, 0) is 61.9 Å². The molecule has 6 nitrogen and oxygen atoms in total. The molecule has 0 amide bonds. The molecule has 4 rings (SSSR count). The van der Waals surface area contributed by atoms with E-state index in [1.165, 1.54) is 0 Å². The number of nitrogens with one attached hydrogen (secondary N) is 1. The summed E-state index contributed by atoms with van der Waals surface area (Å²) in [5.41, 5.74) is 3.48. The highest BCUT2D eigenvalue weighted by molar-refractivity contribution is 6.19. The number of benzene rings is 2. The highest BCUT2D eigenvalue weighted by Gasteiger charge is 2.16. The van der Waals surface area contributed by atoms with Crippen molar-refractivity contribution in [1.29, 1.82) is 0 Å². The van der Waals surface area contributed by atoms with Gasteiger partial charge in [-0.1, -0.05) is 6.92 Å². The summed E-state index contributed by atoms with van der Waals surface area (Å²) in [5, 5.41) is 3.44. The van der Waals surface area contributed by atoms with Gasteiger partial charge in [-0.2, -0.15) is 0 Å². The van der Waals surface area contributed by atoms with Gasteiger partial charge in [0.25, 0.3) is 0 Å². The highest BCUT2D eigenvalue weighted by atomic mass is 16.5. The number of anilines is 1. The van der Waals surface area contributed by atoms with E-state index in [4.69, 9.17) is 19.5 Å². The molecule has 3 aromatic rings. The number of aliphatic imine (C=N–C) groups is 2. The molecule has 0 saturated heterocycles. The summed E-state index contributed by atoms with van der Waals surface area (Å²) < 4.78 is 11.4. The second-order valence-electron chi connectivity index (χ2n) is 6.74. The van der Waals surface area contributed by atoms with Crippen LogP contribution in [-0.2, 0) is 0 Å². The lowest BCUT2D eigenvalue weighted by atomic mass is 10.1. The monoisotopic (exact) mass is 400 g/mol. The first-order chi connectivity index (χ1) is 14.8. The lowest BCUT2D eigenvalue weighted by Crippen LogP contribution is -2.15. The SMILES string of the molecule is CCCOc1ccc(C2=NC(c3ccncc3)=Nc3ccc(OCC)cc3N2)cc1. The van der Waals surface area contributed by atoms with Gasteiger partial charge in [0.2, 0.25) is 0 Å². The van der Waals surface area contributed by atoms with Crippen LogP contribution in [0.4, 0.5) is 11.4 Å². The molecule has 1 N–H and O–H groups in total. The lowest BCUT2D eigenvalue weighted by molar-refractivity contribution is 0.317. The number of nitrogens with zero attached hydrogens (tertiary/aromatic N) is 3. The third kappa shape index (κ3) is 4.49. The van der Waals surface area contributed by atoms with Crippen molar-refractivity contribution in [2.24, 2.45) is 9.98 Å². The number of fused-ring (bicyclic) bond motifs is 1. The minimum atomic E-state index is 0.602. The molecule has 6 heteroatoms. The van der Waals surface area contributed by atoms with Crippen LogP contribution in [0.15, 0.2) is 77.0 Å². The van der Waals surface area contributed by atoms with Crippen molar-refractivity contribution in [2.75, 3.05) is 18.5 Å². The Kier molecular flexibility index (Phi) is 6.03. The van der Waals surface area contributed by atoms with Crippen molar-refractivity contribution < 1.29 is 9.47 Å². The van der Waals surface area contributed by atoms with Gasteiger partial charge in [-0.15, -0.1) is 0 Å². The third-order valence-electron chi connectivity index (χ3n) is 4.52. The van der Waals surface area contributed by atoms with E-state index in [9.17, 15) is 0 Å². The number of amidine groups is 2. The molecule has 2 aromatic carbocycles. The first-order valence-corrected chi connectivity index (χ1v) is 10.1. The summed E-state index contributed by atoms with van der Waals surface area (Å²) in [7, 11) is 0. The molecule has 1 aromatic heterocycles. The van der Waals surface area contributed by atoms with Gasteiger partial charge in [0, 0.05) is 29.6 Å². The van der Waals surface area contributed by atoms with Gasteiger partial charge >= 0.3 is 0 Å². The van der Waals surface area contributed by atoms with E-state index in [0.29, 0.717) is 24.9 Å². The third-order valence-corrected chi connectivity index (χ3v) is 4.52. The predicted molar refractivity (Wildman–Crippen MR) is 120 cm³/mol. The highest BCUT2D eigenvalue weighted by Crippen LogP contribution is 2.33. The van der Waals surface area contributed by atoms with Gasteiger partial charge in [-0.25, -0.2) is 9.98 Å². The zero-order valence-electron chi connectivity index (χ0n) is 17.1. The first kappa shape index (κ1) is 19.6. The largest absolute Gasteiger partial charge is 0.494 e. The minimum absolute atomic E-state index is 0.602. The fourth-order valence-electron chi connectivity index (χ4n) is 3.07. The predicted octanol–water partition coefficient (Wildman–Crippen LogP) is 5.22. The molecule has 0 bridgehead atoms. The molecular weight excluding hydrogens is 376 g/mol. The topological polar surface area (TPSA) is 68.1 Å². The van der Waals surface area contributed by atoms with Crippen LogP contribution in [-0.4, -0.2) is 29.9 Å². The summed E-state index contributed by atoms with van der Waals surface area (Å²) in [6.45, 7) is 5.36. The van der Waals surface area contributed by atoms with Gasteiger partial charge in [-0.3, -0.25) is 4.98 Å².